The zero-order valence-electron chi connectivity index (χ0n) is 8.63. The molecule has 0 unspecified atom stereocenters. The van der Waals surface area contributed by atoms with Gasteiger partial charge in [0.2, 0.25) is 0 Å². The van der Waals surface area contributed by atoms with Crippen molar-refractivity contribution in [2.75, 3.05) is 20.2 Å². The van der Waals surface area contributed by atoms with Crippen LogP contribution in [0.2, 0.25) is 5.02 Å². The number of methoxy groups -OCH3 is 1. The molecule has 0 radical (unpaired) electrons. The quantitative estimate of drug-likeness (QED) is 0.852. The van der Waals surface area contributed by atoms with Crippen LogP contribution in [-0.4, -0.2) is 26.3 Å². The van der Waals surface area contributed by atoms with Crippen LogP contribution in [0.25, 0.3) is 0 Å². The van der Waals surface area contributed by atoms with E-state index in [1.54, 1.807) is 7.11 Å². The molecule has 1 heterocycles. The Bertz CT molecular complexity index is 339. The third kappa shape index (κ3) is 2.62. The van der Waals surface area contributed by atoms with E-state index in [2.05, 4.69) is 5.32 Å². The fraction of sp³-hybridized carbons (Fsp3) is 0.455. The molecule has 1 N–H and O–H groups in total. The van der Waals surface area contributed by atoms with Crippen molar-refractivity contribution in [3.8, 4) is 5.75 Å². The molecular formula is C11H14ClNO2. The summed E-state index contributed by atoms with van der Waals surface area (Å²) in [5.41, 5.74) is 0.997. The number of hydrogen-bond acceptors (Lipinski definition) is 3. The normalized spacial score (nSPS) is 16.1. The van der Waals surface area contributed by atoms with Crippen LogP contribution in [0, 0.1) is 0 Å². The molecule has 3 nitrogen and oxygen atoms in total. The van der Waals surface area contributed by atoms with Gasteiger partial charge in [0.25, 0.3) is 0 Å². The van der Waals surface area contributed by atoms with E-state index < -0.39 is 0 Å². The number of rotatable bonds is 4. The predicted octanol–water partition coefficient (Wildman–Crippen LogP) is 1.84. The second kappa shape index (κ2) is 4.84. The highest BCUT2D eigenvalue weighted by Gasteiger charge is 2.17. The fourth-order valence-electron chi connectivity index (χ4n) is 1.45. The van der Waals surface area contributed by atoms with Gasteiger partial charge in [0.1, 0.15) is 5.75 Å². The average molecular weight is 228 g/mol. The van der Waals surface area contributed by atoms with Crippen LogP contribution in [0.4, 0.5) is 0 Å². The van der Waals surface area contributed by atoms with Gasteiger partial charge in [0.15, 0.2) is 0 Å². The summed E-state index contributed by atoms with van der Waals surface area (Å²) >= 11 is 5.91. The Morgan fingerprint density at radius 3 is 2.87 bits per heavy atom. The van der Waals surface area contributed by atoms with E-state index >= 15 is 0 Å². The van der Waals surface area contributed by atoms with Crippen LogP contribution in [0.3, 0.4) is 0 Å². The van der Waals surface area contributed by atoms with Crippen molar-refractivity contribution in [1.82, 2.24) is 5.32 Å². The second-order valence-corrected chi connectivity index (χ2v) is 3.98. The van der Waals surface area contributed by atoms with Crippen molar-refractivity contribution in [1.29, 1.82) is 0 Å². The van der Waals surface area contributed by atoms with E-state index in [1.807, 2.05) is 18.2 Å². The zero-order chi connectivity index (χ0) is 10.7. The molecule has 0 amide bonds. The number of ether oxygens (including phenoxy) is 2. The highest BCUT2D eigenvalue weighted by Crippen LogP contribution is 2.23. The molecule has 0 aliphatic carbocycles. The van der Waals surface area contributed by atoms with Crippen molar-refractivity contribution in [3.63, 3.8) is 0 Å². The molecule has 1 aliphatic rings. The highest BCUT2D eigenvalue weighted by molar-refractivity contribution is 6.30. The molecule has 1 aromatic carbocycles. The third-order valence-corrected chi connectivity index (χ3v) is 2.70. The molecule has 1 saturated heterocycles. The van der Waals surface area contributed by atoms with Gasteiger partial charge in [-0.3, -0.25) is 0 Å². The van der Waals surface area contributed by atoms with Crippen LogP contribution in [-0.2, 0) is 11.3 Å². The first-order chi connectivity index (χ1) is 7.29. The molecule has 2 rings (SSSR count). The topological polar surface area (TPSA) is 30.5 Å². The lowest BCUT2D eigenvalue weighted by Gasteiger charge is -2.27. The molecule has 0 bridgehead atoms. The number of benzene rings is 1. The minimum absolute atomic E-state index is 0.327. The minimum Gasteiger partial charge on any atom is -0.496 e. The van der Waals surface area contributed by atoms with Crippen LogP contribution < -0.4 is 10.1 Å². The van der Waals surface area contributed by atoms with Gasteiger partial charge in [0, 0.05) is 23.7 Å². The molecule has 1 aliphatic heterocycles. The largest absolute Gasteiger partial charge is 0.496 e. The van der Waals surface area contributed by atoms with E-state index in [0.717, 1.165) is 24.4 Å². The van der Waals surface area contributed by atoms with Gasteiger partial charge in [-0.05, 0) is 18.2 Å². The standard InChI is InChI=1S/C11H14ClNO2/c1-14-11-3-2-9(12)4-8(11)7-15-10-5-13-6-10/h2-4,10,13H,5-7H2,1H3. The fourth-order valence-corrected chi connectivity index (χ4v) is 1.64. The SMILES string of the molecule is COc1ccc(Cl)cc1COC1CNC1. The van der Waals surface area contributed by atoms with E-state index in [0.29, 0.717) is 17.7 Å². The lowest BCUT2D eigenvalue weighted by Crippen LogP contribution is -2.48. The average Bonchev–Trinajstić information content (AvgIpc) is 2.16. The Hall–Kier alpha value is -0.770. The molecule has 0 atom stereocenters. The molecular weight excluding hydrogens is 214 g/mol. The maximum Gasteiger partial charge on any atom is 0.124 e. The molecule has 15 heavy (non-hydrogen) atoms. The molecule has 0 saturated carbocycles. The van der Waals surface area contributed by atoms with Gasteiger partial charge >= 0.3 is 0 Å². The van der Waals surface area contributed by atoms with E-state index in [1.165, 1.54) is 0 Å². The summed E-state index contributed by atoms with van der Waals surface area (Å²) in [5.74, 6) is 0.826. The lowest BCUT2D eigenvalue weighted by atomic mass is 10.2. The molecule has 1 fully saturated rings. The van der Waals surface area contributed by atoms with Gasteiger partial charge in [0.05, 0.1) is 19.8 Å². The summed E-state index contributed by atoms with van der Waals surface area (Å²) in [7, 11) is 1.65. The van der Waals surface area contributed by atoms with Crippen molar-refractivity contribution >= 4 is 11.6 Å². The van der Waals surface area contributed by atoms with Gasteiger partial charge in [-0.2, -0.15) is 0 Å². The van der Waals surface area contributed by atoms with Crippen LogP contribution in [0.15, 0.2) is 18.2 Å². The predicted molar refractivity (Wildman–Crippen MR) is 59.5 cm³/mol. The Morgan fingerprint density at radius 1 is 1.47 bits per heavy atom. The zero-order valence-corrected chi connectivity index (χ0v) is 9.38. The van der Waals surface area contributed by atoms with Crippen molar-refractivity contribution in [2.24, 2.45) is 0 Å². The Balaban J connectivity index is 2.00. The number of nitrogens with one attached hydrogen (secondary N) is 1. The minimum atomic E-state index is 0.327. The maximum atomic E-state index is 5.91. The van der Waals surface area contributed by atoms with E-state index in [4.69, 9.17) is 21.1 Å². The summed E-state index contributed by atoms with van der Waals surface area (Å²) in [6, 6.07) is 5.56. The smallest absolute Gasteiger partial charge is 0.124 e. The number of halogens is 1. The third-order valence-electron chi connectivity index (χ3n) is 2.46. The maximum absolute atomic E-state index is 5.91. The first-order valence-corrected chi connectivity index (χ1v) is 5.32. The van der Waals surface area contributed by atoms with Gasteiger partial charge in [-0.1, -0.05) is 11.6 Å². The summed E-state index contributed by atoms with van der Waals surface area (Å²) < 4.78 is 10.9. The second-order valence-electron chi connectivity index (χ2n) is 3.55. The molecule has 4 heteroatoms. The molecule has 0 spiro atoms. The Kier molecular flexibility index (Phi) is 3.46. The van der Waals surface area contributed by atoms with Crippen molar-refractivity contribution in [2.45, 2.75) is 12.7 Å². The first-order valence-electron chi connectivity index (χ1n) is 4.94. The van der Waals surface area contributed by atoms with Crippen molar-refractivity contribution < 1.29 is 9.47 Å². The summed E-state index contributed by atoms with van der Waals surface area (Å²) in [6.45, 7) is 2.42. The monoisotopic (exact) mass is 227 g/mol. The van der Waals surface area contributed by atoms with Crippen LogP contribution in [0.1, 0.15) is 5.56 Å². The Morgan fingerprint density at radius 2 is 2.27 bits per heavy atom. The molecule has 1 aromatic rings. The number of hydrogen-bond donors (Lipinski definition) is 1. The molecule has 0 aromatic heterocycles. The van der Waals surface area contributed by atoms with E-state index in [-0.39, 0.29) is 0 Å². The van der Waals surface area contributed by atoms with Gasteiger partial charge < -0.3 is 14.8 Å². The molecule has 82 valence electrons. The first kappa shape index (κ1) is 10.7. The summed E-state index contributed by atoms with van der Waals surface area (Å²) in [6.07, 6.45) is 0.327. The van der Waals surface area contributed by atoms with Crippen LogP contribution >= 0.6 is 11.6 Å². The Labute approximate surface area is 94.3 Å². The summed E-state index contributed by atoms with van der Waals surface area (Å²) in [4.78, 5) is 0. The van der Waals surface area contributed by atoms with E-state index in [9.17, 15) is 0 Å². The highest BCUT2D eigenvalue weighted by atomic mass is 35.5. The van der Waals surface area contributed by atoms with Gasteiger partial charge in [-0.25, -0.2) is 0 Å². The van der Waals surface area contributed by atoms with Crippen molar-refractivity contribution in [3.05, 3.63) is 28.8 Å². The van der Waals surface area contributed by atoms with Crippen LogP contribution in [0.5, 0.6) is 5.75 Å². The lowest BCUT2D eigenvalue weighted by molar-refractivity contribution is 0.00682. The van der Waals surface area contributed by atoms with Gasteiger partial charge in [-0.15, -0.1) is 0 Å². The summed E-state index contributed by atoms with van der Waals surface area (Å²) in [5, 5.41) is 3.86.